The summed E-state index contributed by atoms with van der Waals surface area (Å²) in [6.07, 6.45) is 3.48. The number of halogens is 1. The molecule has 9 nitrogen and oxygen atoms in total. The van der Waals surface area contributed by atoms with Gasteiger partial charge in [0.2, 0.25) is 0 Å². The van der Waals surface area contributed by atoms with Crippen molar-refractivity contribution >= 4 is 40.0 Å². The molecule has 0 saturated heterocycles. The number of hydrogen-bond donors (Lipinski definition) is 3. The Labute approximate surface area is 201 Å². The molecule has 5 N–H and O–H groups in total. The SMILES string of the molecule is CCOCCOc1cc2nccc(Oc3ccc(C(=O)NC4CC4)c(Cl)c3N)c2cc1C(N)=O. The number of ether oxygens (including phenoxy) is 3. The van der Waals surface area contributed by atoms with E-state index in [0.717, 1.165) is 12.8 Å². The van der Waals surface area contributed by atoms with Crippen LogP contribution < -0.4 is 26.3 Å². The zero-order chi connectivity index (χ0) is 24.2. The van der Waals surface area contributed by atoms with Crippen molar-refractivity contribution in [3.63, 3.8) is 0 Å². The molecule has 1 aliphatic rings. The van der Waals surface area contributed by atoms with Gasteiger partial charge in [-0.15, -0.1) is 0 Å². The Morgan fingerprint density at radius 1 is 1.12 bits per heavy atom. The van der Waals surface area contributed by atoms with E-state index in [0.29, 0.717) is 35.6 Å². The number of anilines is 1. The third kappa shape index (κ3) is 5.16. The van der Waals surface area contributed by atoms with Crippen LogP contribution in [0.5, 0.6) is 17.2 Å². The van der Waals surface area contributed by atoms with Crippen molar-refractivity contribution in [2.75, 3.05) is 25.6 Å². The van der Waals surface area contributed by atoms with Crippen LogP contribution in [0.2, 0.25) is 5.02 Å². The predicted molar refractivity (Wildman–Crippen MR) is 129 cm³/mol. The minimum absolute atomic E-state index is 0.108. The van der Waals surface area contributed by atoms with Gasteiger partial charge in [0.1, 0.15) is 18.1 Å². The van der Waals surface area contributed by atoms with Gasteiger partial charge in [-0.25, -0.2) is 0 Å². The largest absolute Gasteiger partial charge is 0.490 e. The molecule has 3 aromatic rings. The summed E-state index contributed by atoms with van der Waals surface area (Å²) in [5, 5.41) is 3.52. The summed E-state index contributed by atoms with van der Waals surface area (Å²) in [6, 6.07) is 8.14. The third-order valence-corrected chi connectivity index (χ3v) is 5.68. The van der Waals surface area contributed by atoms with Crippen molar-refractivity contribution in [1.82, 2.24) is 10.3 Å². The van der Waals surface area contributed by atoms with Gasteiger partial charge in [0.05, 0.1) is 34.0 Å². The monoisotopic (exact) mass is 484 g/mol. The summed E-state index contributed by atoms with van der Waals surface area (Å²) in [6.45, 7) is 3.07. The van der Waals surface area contributed by atoms with E-state index in [1.54, 1.807) is 36.5 Å². The number of fused-ring (bicyclic) bond motifs is 1. The van der Waals surface area contributed by atoms with Crippen molar-refractivity contribution in [2.45, 2.75) is 25.8 Å². The van der Waals surface area contributed by atoms with E-state index in [-0.39, 0.29) is 46.1 Å². The number of hydrogen-bond acceptors (Lipinski definition) is 7. The number of benzene rings is 2. The summed E-state index contributed by atoms with van der Waals surface area (Å²) < 4.78 is 17.0. The summed E-state index contributed by atoms with van der Waals surface area (Å²) in [4.78, 5) is 28.8. The van der Waals surface area contributed by atoms with Gasteiger partial charge in [0, 0.05) is 30.3 Å². The number of nitrogens with two attached hydrogens (primary N) is 2. The molecule has 0 unspecified atom stereocenters. The number of aromatic nitrogens is 1. The Kier molecular flexibility index (Phi) is 7.04. The van der Waals surface area contributed by atoms with Gasteiger partial charge in [-0.05, 0) is 44.0 Å². The van der Waals surface area contributed by atoms with Crippen molar-refractivity contribution in [3.05, 3.63) is 52.7 Å². The Balaban J connectivity index is 1.64. The number of nitrogens with zero attached hydrogens (tertiary/aromatic N) is 1. The minimum Gasteiger partial charge on any atom is -0.490 e. The van der Waals surface area contributed by atoms with Crippen molar-refractivity contribution in [2.24, 2.45) is 5.73 Å². The summed E-state index contributed by atoms with van der Waals surface area (Å²) in [7, 11) is 0. The molecule has 4 rings (SSSR count). The van der Waals surface area contributed by atoms with E-state index in [2.05, 4.69) is 10.3 Å². The molecule has 0 bridgehead atoms. The number of pyridine rings is 1. The van der Waals surface area contributed by atoms with Gasteiger partial charge in [-0.2, -0.15) is 0 Å². The molecule has 2 amide bonds. The van der Waals surface area contributed by atoms with Crippen molar-refractivity contribution in [1.29, 1.82) is 0 Å². The maximum atomic E-state index is 12.4. The first-order chi connectivity index (χ1) is 16.4. The second kappa shape index (κ2) is 10.1. The summed E-state index contributed by atoms with van der Waals surface area (Å²) in [5.74, 6) is 0.0159. The van der Waals surface area contributed by atoms with Crippen LogP contribution in [0.4, 0.5) is 5.69 Å². The Morgan fingerprint density at radius 3 is 2.62 bits per heavy atom. The van der Waals surface area contributed by atoms with Crippen molar-refractivity contribution < 1.29 is 23.8 Å². The van der Waals surface area contributed by atoms with Crippen LogP contribution in [0.25, 0.3) is 10.9 Å². The van der Waals surface area contributed by atoms with E-state index >= 15 is 0 Å². The zero-order valence-electron chi connectivity index (χ0n) is 18.6. The molecule has 1 aromatic heterocycles. The molecule has 0 atom stereocenters. The number of rotatable bonds is 10. The minimum atomic E-state index is -0.656. The second-order valence-electron chi connectivity index (χ2n) is 7.77. The molecule has 1 saturated carbocycles. The highest BCUT2D eigenvalue weighted by Gasteiger charge is 2.26. The maximum Gasteiger partial charge on any atom is 0.253 e. The van der Waals surface area contributed by atoms with Gasteiger partial charge < -0.3 is 31.0 Å². The average molecular weight is 485 g/mol. The second-order valence-corrected chi connectivity index (χ2v) is 8.15. The van der Waals surface area contributed by atoms with Crippen LogP contribution >= 0.6 is 11.6 Å². The molecule has 2 aromatic carbocycles. The molecule has 1 fully saturated rings. The van der Waals surface area contributed by atoms with E-state index in [1.807, 2.05) is 6.92 Å². The highest BCUT2D eigenvalue weighted by molar-refractivity contribution is 6.36. The lowest BCUT2D eigenvalue weighted by Crippen LogP contribution is -2.25. The number of primary amides is 1. The lowest BCUT2D eigenvalue weighted by atomic mass is 10.1. The summed E-state index contributed by atoms with van der Waals surface area (Å²) in [5.41, 5.74) is 12.9. The molecule has 1 aliphatic carbocycles. The standard InChI is InChI=1S/C24H25ClN4O5/c1-2-32-9-10-33-20-12-17-15(11-16(20)23(27)30)18(7-8-28-17)34-19-6-5-14(21(25)22(19)26)24(31)29-13-3-4-13/h5-8,11-13H,2-4,9-10,26H2,1H3,(H2,27,30)(H,29,31). The quantitative estimate of drug-likeness (QED) is 0.294. The van der Waals surface area contributed by atoms with Gasteiger partial charge in [0.25, 0.3) is 11.8 Å². The average Bonchev–Trinajstić information content (AvgIpc) is 3.63. The van der Waals surface area contributed by atoms with Gasteiger partial charge >= 0.3 is 0 Å². The first-order valence-electron chi connectivity index (χ1n) is 10.9. The molecule has 178 valence electrons. The zero-order valence-corrected chi connectivity index (χ0v) is 19.4. The number of carbonyl (C=O) groups excluding carboxylic acids is 2. The maximum absolute atomic E-state index is 12.4. The van der Waals surface area contributed by atoms with Crippen LogP contribution in [0.1, 0.15) is 40.5 Å². The van der Waals surface area contributed by atoms with Crippen LogP contribution in [-0.4, -0.2) is 42.7 Å². The van der Waals surface area contributed by atoms with Gasteiger partial charge in [0.15, 0.2) is 5.75 Å². The van der Waals surface area contributed by atoms with Crippen LogP contribution in [-0.2, 0) is 4.74 Å². The van der Waals surface area contributed by atoms with Gasteiger partial charge in [-0.1, -0.05) is 11.6 Å². The fourth-order valence-electron chi connectivity index (χ4n) is 3.35. The van der Waals surface area contributed by atoms with Crippen LogP contribution in [0, 0.1) is 0 Å². The lowest BCUT2D eigenvalue weighted by molar-refractivity contribution is 0.0949. The molecule has 0 aliphatic heterocycles. The molecule has 1 heterocycles. The normalized spacial score (nSPS) is 13.0. The Morgan fingerprint density at radius 2 is 1.91 bits per heavy atom. The first kappa shape index (κ1) is 23.6. The first-order valence-corrected chi connectivity index (χ1v) is 11.3. The molecule has 0 spiro atoms. The van der Waals surface area contributed by atoms with Crippen molar-refractivity contribution in [3.8, 4) is 17.2 Å². The summed E-state index contributed by atoms with van der Waals surface area (Å²) >= 11 is 6.37. The fourth-order valence-corrected chi connectivity index (χ4v) is 3.59. The van der Waals surface area contributed by atoms with E-state index in [1.165, 1.54) is 0 Å². The van der Waals surface area contributed by atoms with Crippen LogP contribution in [0.3, 0.4) is 0 Å². The molecular formula is C24H25ClN4O5. The number of carbonyl (C=O) groups is 2. The number of amides is 2. The lowest BCUT2D eigenvalue weighted by Gasteiger charge is -2.15. The molecule has 34 heavy (non-hydrogen) atoms. The van der Waals surface area contributed by atoms with E-state index in [9.17, 15) is 9.59 Å². The predicted octanol–water partition coefficient (Wildman–Crippen LogP) is 3.67. The highest BCUT2D eigenvalue weighted by atomic mass is 35.5. The Hall–Kier alpha value is -3.56. The smallest absolute Gasteiger partial charge is 0.253 e. The molecule has 0 radical (unpaired) electrons. The van der Waals surface area contributed by atoms with E-state index < -0.39 is 5.91 Å². The topological polar surface area (TPSA) is 139 Å². The molecule has 10 heteroatoms. The fraction of sp³-hybridized carbons (Fsp3) is 0.292. The van der Waals surface area contributed by atoms with Gasteiger partial charge in [-0.3, -0.25) is 14.6 Å². The highest BCUT2D eigenvalue weighted by Crippen LogP contribution is 2.38. The van der Waals surface area contributed by atoms with E-state index in [4.69, 9.17) is 37.3 Å². The third-order valence-electron chi connectivity index (χ3n) is 5.27. The Bertz CT molecular complexity index is 1250. The van der Waals surface area contributed by atoms with Crippen LogP contribution in [0.15, 0.2) is 36.5 Å². The number of nitrogen functional groups attached to an aromatic ring is 1. The molecular weight excluding hydrogens is 460 g/mol. The number of nitrogens with one attached hydrogen (secondary N) is 1.